The van der Waals surface area contributed by atoms with Crippen molar-refractivity contribution >= 4 is 17.8 Å². The monoisotopic (exact) mass is 255 g/mol. The average Bonchev–Trinajstić information content (AvgIpc) is 2.31. The van der Waals surface area contributed by atoms with Crippen LogP contribution < -0.4 is 0 Å². The molecule has 1 unspecified atom stereocenters. The van der Waals surface area contributed by atoms with Gasteiger partial charge in [-0.1, -0.05) is 34.6 Å². The Morgan fingerprint density at radius 3 is 2.17 bits per heavy atom. The molecule has 0 aromatic carbocycles. The predicted octanol–water partition coefficient (Wildman–Crippen LogP) is 1.66. The second-order valence-electron chi connectivity index (χ2n) is 6.61. The van der Waals surface area contributed by atoms with Gasteiger partial charge in [0.1, 0.15) is 0 Å². The van der Waals surface area contributed by atoms with Crippen molar-refractivity contribution in [2.75, 3.05) is 0 Å². The number of imide groups is 1. The zero-order valence-corrected chi connectivity index (χ0v) is 11.6. The maximum absolute atomic E-state index is 12.2. The van der Waals surface area contributed by atoms with Crippen LogP contribution in [0.25, 0.3) is 0 Å². The molecule has 1 fully saturated rings. The summed E-state index contributed by atoms with van der Waals surface area (Å²) in [6.45, 7) is 8.95. The van der Waals surface area contributed by atoms with Crippen molar-refractivity contribution < 1.29 is 19.5 Å². The number of carbonyl (C=O) groups excluding carboxylic acids is 2. The number of likely N-dealkylation sites (tertiary alicyclic amines) is 1. The second kappa shape index (κ2) is 4.37. The molecule has 1 atom stereocenters. The first-order chi connectivity index (χ1) is 7.97. The van der Waals surface area contributed by atoms with Crippen LogP contribution in [-0.2, 0) is 14.4 Å². The number of hydrogen-bond acceptors (Lipinski definition) is 3. The Balaban J connectivity index is 3.11. The zero-order valence-electron chi connectivity index (χ0n) is 11.6. The SMILES string of the molecule is CC1(C)CC(=O)N(C(CC(=O)O)C(C)(C)C)C1=O. The Morgan fingerprint density at radius 2 is 1.89 bits per heavy atom. The molecule has 1 N–H and O–H groups in total. The number of aliphatic carboxylic acids is 1. The number of carboxylic acid groups (broad SMARTS) is 1. The Labute approximate surface area is 107 Å². The number of rotatable bonds is 3. The predicted molar refractivity (Wildman–Crippen MR) is 65.7 cm³/mol. The van der Waals surface area contributed by atoms with Gasteiger partial charge in [0.2, 0.25) is 11.8 Å². The van der Waals surface area contributed by atoms with Crippen molar-refractivity contribution in [3.63, 3.8) is 0 Å². The highest BCUT2D eigenvalue weighted by molar-refractivity contribution is 6.06. The third kappa shape index (κ3) is 2.71. The van der Waals surface area contributed by atoms with Crippen molar-refractivity contribution in [3.8, 4) is 0 Å². The molecule has 5 nitrogen and oxygen atoms in total. The van der Waals surface area contributed by atoms with E-state index in [0.29, 0.717) is 0 Å². The summed E-state index contributed by atoms with van der Waals surface area (Å²) in [5.41, 5.74) is -1.18. The lowest BCUT2D eigenvalue weighted by Gasteiger charge is -2.36. The van der Waals surface area contributed by atoms with Crippen molar-refractivity contribution in [2.24, 2.45) is 10.8 Å². The van der Waals surface area contributed by atoms with Crippen molar-refractivity contribution in [1.82, 2.24) is 4.90 Å². The van der Waals surface area contributed by atoms with Crippen LogP contribution >= 0.6 is 0 Å². The minimum absolute atomic E-state index is 0.151. The summed E-state index contributed by atoms with van der Waals surface area (Å²) in [6.07, 6.45) is -0.0604. The van der Waals surface area contributed by atoms with Crippen LogP contribution in [0.15, 0.2) is 0 Å². The minimum atomic E-state index is -1.000. The molecule has 1 aliphatic rings. The first-order valence-corrected chi connectivity index (χ1v) is 6.05. The fourth-order valence-electron chi connectivity index (χ4n) is 2.24. The zero-order chi connectivity index (χ0) is 14.3. The van der Waals surface area contributed by atoms with Crippen LogP contribution in [0.2, 0.25) is 0 Å². The molecule has 1 rings (SSSR count). The van der Waals surface area contributed by atoms with E-state index in [-0.39, 0.29) is 24.7 Å². The summed E-state index contributed by atoms with van der Waals surface area (Å²) in [5.74, 6) is -1.54. The van der Waals surface area contributed by atoms with Gasteiger partial charge in [0.25, 0.3) is 0 Å². The Morgan fingerprint density at radius 1 is 1.39 bits per heavy atom. The highest BCUT2D eigenvalue weighted by Gasteiger charge is 2.50. The quantitative estimate of drug-likeness (QED) is 0.778. The lowest BCUT2D eigenvalue weighted by Crippen LogP contribution is -2.49. The maximum Gasteiger partial charge on any atom is 0.305 e. The van der Waals surface area contributed by atoms with Gasteiger partial charge in [-0.25, -0.2) is 0 Å². The fraction of sp³-hybridized carbons (Fsp3) is 0.769. The lowest BCUT2D eigenvalue weighted by molar-refractivity contribution is -0.149. The molecule has 1 saturated heterocycles. The van der Waals surface area contributed by atoms with E-state index in [1.165, 1.54) is 0 Å². The third-order valence-corrected chi connectivity index (χ3v) is 3.34. The van der Waals surface area contributed by atoms with E-state index in [2.05, 4.69) is 0 Å². The van der Waals surface area contributed by atoms with Gasteiger partial charge in [0, 0.05) is 6.42 Å². The van der Waals surface area contributed by atoms with Crippen LogP contribution in [0.5, 0.6) is 0 Å². The van der Waals surface area contributed by atoms with Crippen LogP contribution in [0.1, 0.15) is 47.5 Å². The number of amides is 2. The fourth-order valence-corrected chi connectivity index (χ4v) is 2.24. The molecule has 102 valence electrons. The van der Waals surface area contributed by atoms with Crippen molar-refractivity contribution in [3.05, 3.63) is 0 Å². The summed E-state index contributed by atoms with van der Waals surface area (Å²) < 4.78 is 0. The second-order valence-corrected chi connectivity index (χ2v) is 6.61. The Hall–Kier alpha value is -1.39. The van der Waals surface area contributed by atoms with Crippen LogP contribution in [0.4, 0.5) is 0 Å². The topological polar surface area (TPSA) is 74.7 Å². The van der Waals surface area contributed by atoms with Gasteiger partial charge in [-0.15, -0.1) is 0 Å². The molecule has 0 aliphatic carbocycles. The van der Waals surface area contributed by atoms with Gasteiger partial charge >= 0.3 is 5.97 Å². The standard InChI is InChI=1S/C13H21NO4/c1-12(2,3)8(6-10(16)17)14-9(15)7-13(4,5)11(14)18/h8H,6-7H2,1-5H3,(H,16,17). The molecule has 0 aromatic rings. The first-order valence-electron chi connectivity index (χ1n) is 6.05. The Kier molecular flexibility index (Phi) is 3.56. The van der Waals surface area contributed by atoms with Gasteiger partial charge in [-0.2, -0.15) is 0 Å². The maximum atomic E-state index is 12.2. The lowest BCUT2D eigenvalue weighted by atomic mass is 9.83. The van der Waals surface area contributed by atoms with Gasteiger partial charge in [-0.05, 0) is 5.41 Å². The van der Waals surface area contributed by atoms with Crippen LogP contribution in [0.3, 0.4) is 0 Å². The molecule has 1 heterocycles. The van der Waals surface area contributed by atoms with Crippen molar-refractivity contribution in [2.45, 2.75) is 53.5 Å². The number of carbonyl (C=O) groups is 3. The molecule has 18 heavy (non-hydrogen) atoms. The van der Waals surface area contributed by atoms with E-state index >= 15 is 0 Å². The minimum Gasteiger partial charge on any atom is -0.481 e. The van der Waals surface area contributed by atoms with E-state index in [1.54, 1.807) is 13.8 Å². The van der Waals surface area contributed by atoms with E-state index in [0.717, 1.165) is 4.90 Å². The molecule has 5 heteroatoms. The summed E-state index contributed by atoms with van der Waals surface area (Å²) >= 11 is 0. The average molecular weight is 255 g/mol. The van der Waals surface area contributed by atoms with Gasteiger partial charge in [-0.3, -0.25) is 19.3 Å². The highest BCUT2D eigenvalue weighted by atomic mass is 16.4. The highest BCUT2D eigenvalue weighted by Crippen LogP contribution is 2.38. The normalized spacial score (nSPS) is 21.3. The largest absolute Gasteiger partial charge is 0.481 e. The molecule has 1 aliphatic heterocycles. The smallest absolute Gasteiger partial charge is 0.305 e. The molecule has 0 aromatic heterocycles. The van der Waals surface area contributed by atoms with Gasteiger partial charge < -0.3 is 5.11 Å². The molecule has 0 spiro atoms. The number of nitrogens with zero attached hydrogens (tertiary/aromatic N) is 1. The van der Waals surface area contributed by atoms with Gasteiger partial charge in [0.05, 0.1) is 17.9 Å². The molecule has 0 radical (unpaired) electrons. The summed E-state index contributed by atoms with van der Waals surface area (Å²) in [6, 6.07) is -0.600. The van der Waals surface area contributed by atoms with E-state index < -0.39 is 22.8 Å². The van der Waals surface area contributed by atoms with E-state index in [1.807, 2.05) is 20.8 Å². The van der Waals surface area contributed by atoms with E-state index in [9.17, 15) is 14.4 Å². The summed E-state index contributed by atoms with van der Waals surface area (Å²) in [7, 11) is 0. The molecule has 2 amide bonds. The molecular formula is C13H21NO4. The number of hydrogen-bond donors (Lipinski definition) is 1. The van der Waals surface area contributed by atoms with Crippen LogP contribution in [0, 0.1) is 10.8 Å². The summed E-state index contributed by atoms with van der Waals surface area (Å²) in [5, 5.41) is 8.96. The van der Waals surface area contributed by atoms with Crippen molar-refractivity contribution in [1.29, 1.82) is 0 Å². The third-order valence-electron chi connectivity index (χ3n) is 3.34. The molecular weight excluding hydrogens is 234 g/mol. The summed E-state index contributed by atoms with van der Waals surface area (Å²) in [4.78, 5) is 36.3. The number of carboxylic acids is 1. The molecule has 0 bridgehead atoms. The van der Waals surface area contributed by atoms with Crippen LogP contribution in [-0.4, -0.2) is 33.8 Å². The first kappa shape index (κ1) is 14.7. The Bertz CT molecular complexity index is 392. The molecule has 0 saturated carbocycles. The van der Waals surface area contributed by atoms with E-state index in [4.69, 9.17) is 5.11 Å². The van der Waals surface area contributed by atoms with Gasteiger partial charge in [0.15, 0.2) is 0 Å².